The van der Waals surface area contributed by atoms with Gasteiger partial charge in [0.2, 0.25) is 10.0 Å². The maximum absolute atomic E-state index is 12.8. The number of nitrogens with zero attached hydrogens (tertiary/aromatic N) is 5. The normalized spacial score (nSPS) is 13.6. The maximum atomic E-state index is 12.8. The van der Waals surface area contributed by atoms with Crippen LogP contribution in [0.25, 0.3) is 0 Å². The molecule has 1 fully saturated rings. The van der Waals surface area contributed by atoms with Gasteiger partial charge >= 0.3 is 0 Å². The van der Waals surface area contributed by atoms with Crippen LogP contribution in [0.2, 0.25) is 0 Å². The van der Waals surface area contributed by atoms with Crippen LogP contribution in [0.4, 0.5) is 34.4 Å². The minimum atomic E-state index is -3.59. The number of anilines is 6. The van der Waals surface area contributed by atoms with Crippen molar-refractivity contribution < 1.29 is 22.8 Å². The van der Waals surface area contributed by atoms with Gasteiger partial charge in [0.1, 0.15) is 11.6 Å². The second-order valence-electron chi connectivity index (χ2n) is 8.35. The number of benzene rings is 1. The Morgan fingerprint density at radius 1 is 1.08 bits per heavy atom. The van der Waals surface area contributed by atoms with Gasteiger partial charge < -0.3 is 20.3 Å². The lowest BCUT2D eigenvalue weighted by Gasteiger charge is -2.30. The number of rotatable bonds is 10. The Morgan fingerprint density at radius 3 is 2.55 bits per heavy atom. The number of hydrogen-bond donors (Lipinski definition) is 3. The Labute approximate surface area is 221 Å². The molecule has 1 aliphatic heterocycles. The number of nitrogens with one attached hydrogen (secondary N) is 3. The second kappa shape index (κ2) is 12.0. The Bertz CT molecular complexity index is 1370. The zero-order valence-electron chi connectivity index (χ0n) is 21.3. The first-order chi connectivity index (χ1) is 18.3. The number of carbonyl (C=O) groups excluding carboxylic acids is 1. The van der Waals surface area contributed by atoms with Crippen molar-refractivity contribution in [2.75, 3.05) is 66.1 Å². The third-order valence-electron chi connectivity index (χ3n) is 5.74. The fraction of sp³-hybridized carbons (Fsp3) is 0.333. The highest BCUT2D eigenvalue weighted by Gasteiger charge is 2.21. The molecule has 0 unspecified atom stereocenters. The highest BCUT2D eigenvalue weighted by molar-refractivity contribution is 7.92. The number of hydroxylamine groups is 1. The SMILES string of the molecule is CCONC(=O)c1cnc(Nc2cnccn2)cc1Nc1ccc(N2CCOCC2)cc1N(C)S(C)(=O)=O. The van der Waals surface area contributed by atoms with Crippen molar-refractivity contribution in [1.82, 2.24) is 20.4 Å². The third kappa shape index (κ3) is 6.65. The van der Waals surface area contributed by atoms with E-state index in [1.807, 2.05) is 6.07 Å². The van der Waals surface area contributed by atoms with Gasteiger partial charge in [-0.05, 0) is 25.1 Å². The van der Waals surface area contributed by atoms with Crippen molar-refractivity contribution in [3.05, 3.63) is 54.6 Å². The minimum Gasteiger partial charge on any atom is -0.378 e. The number of pyridine rings is 1. The first kappa shape index (κ1) is 27.0. The van der Waals surface area contributed by atoms with E-state index in [9.17, 15) is 13.2 Å². The summed E-state index contributed by atoms with van der Waals surface area (Å²) in [7, 11) is -2.11. The number of amides is 1. The molecule has 1 amide bonds. The number of morpholine rings is 1. The zero-order valence-corrected chi connectivity index (χ0v) is 22.2. The number of sulfonamides is 1. The molecule has 13 nitrogen and oxygen atoms in total. The van der Waals surface area contributed by atoms with Gasteiger partial charge in [0.05, 0.1) is 54.9 Å². The summed E-state index contributed by atoms with van der Waals surface area (Å²) in [5.74, 6) is 0.338. The van der Waals surface area contributed by atoms with Crippen LogP contribution in [-0.4, -0.2) is 75.5 Å². The largest absolute Gasteiger partial charge is 0.378 e. The van der Waals surface area contributed by atoms with Gasteiger partial charge in [-0.2, -0.15) is 0 Å². The van der Waals surface area contributed by atoms with Gasteiger partial charge in [0.25, 0.3) is 5.91 Å². The lowest BCUT2D eigenvalue weighted by molar-refractivity contribution is 0.0365. The second-order valence-corrected chi connectivity index (χ2v) is 10.4. The maximum Gasteiger partial charge on any atom is 0.278 e. The molecule has 202 valence electrons. The van der Waals surface area contributed by atoms with E-state index >= 15 is 0 Å². The van der Waals surface area contributed by atoms with E-state index < -0.39 is 15.9 Å². The smallest absolute Gasteiger partial charge is 0.278 e. The van der Waals surface area contributed by atoms with Gasteiger partial charge in [-0.25, -0.2) is 23.9 Å². The Balaban J connectivity index is 1.74. The van der Waals surface area contributed by atoms with Crippen molar-refractivity contribution in [2.45, 2.75) is 6.92 Å². The van der Waals surface area contributed by atoms with Crippen LogP contribution >= 0.6 is 0 Å². The van der Waals surface area contributed by atoms with Crippen LogP contribution in [0.15, 0.2) is 49.1 Å². The van der Waals surface area contributed by atoms with E-state index in [4.69, 9.17) is 9.57 Å². The molecule has 0 saturated carbocycles. The minimum absolute atomic E-state index is 0.188. The molecule has 1 aliphatic rings. The van der Waals surface area contributed by atoms with E-state index in [-0.39, 0.29) is 12.2 Å². The van der Waals surface area contributed by atoms with Crippen molar-refractivity contribution in [3.63, 3.8) is 0 Å². The Hall–Kier alpha value is -4.01. The van der Waals surface area contributed by atoms with Crippen molar-refractivity contribution in [1.29, 1.82) is 0 Å². The summed E-state index contributed by atoms with van der Waals surface area (Å²) in [5, 5.41) is 6.27. The molecule has 0 bridgehead atoms. The molecule has 3 heterocycles. The number of ether oxygens (including phenoxy) is 1. The van der Waals surface area contributed by atoms with Gasteiger partial charge in [-0.1, -0.05) is 0 Å². The summed E-state index contributed by atoms with van der Waals surface area (Å²) in [5.41, 5.74) is 4.67. The number of carbonyl (C=O) groups is 1. The molecule has 2 aromatic heterocycles. The highest BCUT2D eigenvalue weighted by atomic mass is 32.2. The molecule has 0 atom stereocenters. The first-order valence-corrected chi connectivity index (χ1v) is 13.7. The van der Waals surface area contributed by atoms with Gasteiger partial charge in [-0.3, -0.25) is 18.9 Å². The molecule has 0 radical (unpaired) electrons. The molecule has 3 aromatic rings. The van der Waals surface area contributed by atoms with E-state index in [0.29, 0.717) is 55.0 Å². The van der Waals surface area contributed by atoms with Crippen LogP contribution in [0, 0.1) is 0 Å². The third-order valence-corrected chi connectivity index (χ3v) is 6.93. The molecule has 3 N–H and O–H groups in total. The average Bonchev–Trinajstić information content (AvgIpc) is 2.92. The lowest BCUT2D eigenvalue weighted by atomic mass is 10.1. The van der Waals surface area contributed by atoms with Crippen molar-refractivity contribution >= 4 is 50.3 Å². The molecule has 4 rings (SSSR count). The number of aromatic nitrogens is 3. The molecule has 0 spiro atoms. The summed E-state index contributed by atoms with van der Waals surface area (Å²) in [6.45, 7) is 4.59. The molecule has 0 aliphatic carbocycles. The topological polar surface area (TPSA) is 151 Å². The molecule has 1 aromatic carbocycles. The van der Waals surface area contributed by atoms with Crippen molar-refractivity contribution in [3.8, 4) is 0 Å². The molecular weight excluding hydrogens is 512 g/mol. The van der Waals surface area contributed by atoms with E-state index in [2.05, 4.69) is 36.0 Å². The first-order valence-electron chi connectivity index (χ1n) is 11.9. The molecule has 38 heavy (non-hydrogen) atoms. The fourth-order valence-electron chi connectivity index (χ4n) is 3.72. The summed E-state index contributed by atoms with van der Waals surface area (Å²) in [6, 6.07) is 7.10. The summed E-state index contributed by atoms with van der Waals surface area (Å²) in [4.78, 5) is 32.6. The standard InChI is InChI=1S/C24H30N8O5S/c1-4-37-30-24(33)18-15-27-22(29-23-16-25-7-8-26-23)14-20(18)28-19-6-5-17(32-9-11-36-12-10-32)13-21(19)31(2)38(3,34)35/h5-8,13-16H,4,9-12H2,1-3H3,(H,30,33)(H2,26,27,28,29). The Kier molecular flexibility index (Phi) is 8.55. The van der Waals surface area contributed by atoms with Crippen LogP contribution in [-0.2, 0) is 19.6 Å². The predicted octanol–water partition coefficient (Wildman–Crippen LogP) is 2.27. The van der Waals surface area contributed by atoms with E-state index in [1.165, 1.54) is 29.9 Å². The molecule has 1 saturated heterocycles. The van der Waals surface area contributed by atoms with Gasteiger partial charge in [0, 0.05) is 50.5 Å². The summed E-state index contributed by atoms with van der Waals surface area (Å²) >= 11 is 0. The van der Waals surface area contributed by atoms with Crippen LogP contribution < -0.4 is 25.3 Å². The number of hydrogen-bond acceptors (Lipinski definition) is 11. The predicted molar refractivity (Wildman–Crippen MR) is 145 cm³/mol. The van der Waals surface area contributed by atoms with Crippen LogP contribution in [0.1, 0.15) is 17.3 Å². The van der Waals surface area contributed by atoms with Gasteiger partial charge in [-0.15, -0.1) is 0 Å². The van der Waals surface area contributed by atoms with Gasteiger partial charge in [0.15, 0.2) is 0 Å². The zero-order chi connectivity index (χ0) is 27.1. The Morgan fingerprint density at radius 2 is 1.87 bits per heavy atom. The lowest BCUT2D eigenvalue weighted by Crippen LogP contribution is -2.36. The van der Waals surface area contributed by atoms with Crippen LogP contribution in [0.5, 0.6) is 0 Å². The molecular formula is C24H30N8O5S. The summed E-state index contributed by atoms with van der Waals surface area (Å²) < 4.78 is 31.7. The fourth-order valence-corrected chi connectivity index (χ4v) is 4.23. The monoisotopic (exact) mass is 542 g/mol. The van der Waals surface area contributed by atoms with Crippen molar-refractivity contribution in [2.24, 2.45) is 0 Å². The van der Waals surface area contributed by atoms with Crippen LogP contribution in [0.3, 0.4) is 0 Å². The molecule has 14 heteroatoms. The van der Waals surface area contributed by atoms with E-state index in [1.54, 1.807) is 31.3 Å². The quantitative estimate of drug-likeness (QED) is 0.324. The average molecular weight is 543 g/mol. The highest BCUT2D eigenvalue weighted by Crippen LogP contribution is 2.35. The van der Waals surface area contributed by atoms with E-state index in [0.717, 1.165) is 11.9 Å². The summed E-state index contributed by atoms with van der Waals surface area (Å²) in [6.07, 6.45) is 7.14.